The van der Waals surface area contributed by atoms with Crippen molar-refractivity contribution in [2.75, 3.05) is 6.54 Å². The molecule has 0 spiro atoms. The lowest BCUT2D eigenvalue weighted by Crippen LogP contribution is -2.42. The lowest BCUT2D eigenvalue weighted by atomic mass is 9.86. The third kappa shape index (κ3) is 6.21. The van der Waals surface area contributed by atoms with Gasteiger partial charge in [-0.1, -0.05) is 106 Å². The highest BCUT2D eigenvalue weighted by molar-refractivity contribution is 5.74. The highest BCUT2D eigenvalue weighted by atomic mass is 16.2. The minimum atomic E-state index is -0.0579. The topological polar surface area (TPSA) is 32.3 Å². The van der Waals surface area contributed by atoms with Crippen molar-refractivity contribution in [3.8, 4) is 0 Å². The van der Waals surface area contributed by atoms with Gasteiger partial charge in [0.15, 0.2) is 0 Å². The zero-order valence-electron chi connectivity index (χ0n) is 19.1. The van der Waals surface area contributed by atoms with Crippen LogP contribution in [0.15, 0.2) is 84.9 Å². The van der Waals surface area contributed by atoms with Gasteiger partial charge in [0.1, 0.15) is 0 Å². The molecule has 0 bridgehead atoms. The first-order valence-electron chi connectivity index (χ1n) is 11.1. The maximum absolute atomic E-state index is 13.2. The molecular formula is C28H34N2O. The van der Waals surface area contributed by atoms with E-state index in [1.54, 1.807) is 0 Å². The van der Waals surface area contributed by atoms with Gasteiger partial charge in [-0.15, -0.1) is 0 Å². The van der Waals surface area contributed by atoms with Crippen LogP contribution in [-0.2, 0) is 18.4 Å². The van der Waals surface area contributed by atoms with Gasteiger partial charge in [-0.25, -0.2) is 4.79 Å². The number of amides is 2. The molecule has 0 aliphatic rings. The molecule has 1 unspecified atom stereocenters. The Balaban J connectivity index is 1.95. The maximum Gasteiger partial charge on any atom is 0.318 e. The van der Waals surface area contributed by atoms with Crippen molar-refractivity contribution >= 4 is 6.03 Å². The molecule has 31 heavy (non-hydrogen) atoms. The molecule has 0 saturated heterocycles. The standard InChI is InChI=1S/C28H34N2O/c1-5-29-27(31)30(21-23-16-18-25(19-17-23)28(2,3)4)26(24-14-10-7-11-15-24)20-22-12-8-6-9-13-22/h6-19,26H,5,20-21H2,1-4H3,(H,29,31). The summed E-state index contributed by atoms with van der Waals surface area (Å²) in [5.74, 6) is 0. The Morgan fingerprint density at radius 1 is 0.839 bits per heavy atom. The van der Waals surface area contributed by atoms with E-state index in [1.807, 2.05) is 36.1 Å². The summed E-state index contributed by atoms with van der Waals surface area (Å²) in [5, 5.41) is 3.02. The van der Waals surface area contributed by atoms with Crippen LogP contribution in [-0.4, -0.2) is 17.5 Å². The third-order valence-electron chi connectivity index (χ3n) is 5.59. The Labute approximate surface area is 187 Å². The van der Waals surface area contributed by atoms with Gasteiger partial charge in [-0.05, 0) is 41.0 Å². The quantitative estimate of drug-likeness (QED) is 0.470. The van der Waals surface area contributed by atoms with E-state index in [0.29, 0.717) is 13.1 Å². The Bertz CT molecular complexity index is 944. The number of nitrogens with zero attached hydrogens (tertiary/aromatic N) is 1. The molecule has 0 saturated carbocycles. The van der Waals surface area contributed by atoms with Crippen LogP contribution in [0, 0.1) is 0 Å². The molecule has 1 N–H and O–H groups in total. The van der Waals surface area contributed by atoms with E-state index in [-0.39, 0.29) is 17.5 Å². The number of carbonyl (C=O) groups is 1. The maximum atomic E-state index is 13.2. The molecule has 2 amide bonds. The fourth-order valence-electron chi connectivity index (χ4n) is 3.80. The SMILES string of the molecule is CCNC(=O)N(Cc1ccc(C(C)(C)C)cc1)C(Cc1ccccc1)c1ccccc1. The number of urea groups is 1. The molecule has 0 aromatic heterocycles. The molecule has 1 atom stereocenters. The van der Waals surface area contributed by atoms with E-state index < -0.39 is 0 Å². The zero-order valence-corrected chi connectivity index (χ0v) is 19.1. The van der Waals surface area contributed by atoms with Gasteiger partial charge in [0.05, 0.1) is 6.04 Å². The summed E-state index contributed by atoms with van der Waals surface area (Å²) in [6.07, 6.45) is 0.766. The first-order valence-corrected chi connectivity index (χ1v) is 11.1. The highest BCUT2D eigenvalue weighted by Gasteiger charge is 2.26. The molecule has 162 valence electrons. The fraction of sp³-hybridized carbons (Fsp3) is 0.321. The van der Waals surface area contributed by atoms with Crippen molar-refractivity contribution in [2.45, 2.75) is 52.1 Å². The van der Waals surface area contributed by atoms with Crippen molar-refractivity contribution in [1.82, 2.24) is 10.2 Å². The summed E-state index contributed by atoms with van der Waals surface area (Å²) in [7, 11) is 0. The summed E-state index contributed by atoms with van der Waals surface area (Å²) in [6, 6.07) is 29.3. The van der Waals surface area contributed by atoms with E-state index in [4.69, 9.17) is 0 Å². The molecule has 3 aromatic carbocycles. The highest BCUT2D eigenvalue weighted by Crippen LogP contribution is 2.28. The van der Waals surface area contributed by atoms with Gasteiger partial charge >= 0.3 is 6.03 Å². The average Bonchev–Trinajstić information content (AvgIpc) is 2.77. The predicted molar refractivity (Wildman–Crippen MR) is 129 cm³/mol. The van der Waals surface area contributed by atoms with Crippen LogP contribution in [0.1, 0.15) is 56.0 Å². The van der Waals surface area contributed by atoms with Crippen molar-refractivity contribution < 1.29 is 4.79 Å². The summed E-state index contributed by atoms with van der Waals surface area (Å²) in [4.78, 5) is 15.2. The number of nitrogens with one attached hydrogen (secondary N) is 1. The Hall–Kier alpha value is -3.07. The Kier molecular flexibility index (Phi) is 7.51. The van der Waals surface area contributed by atoms with E-state index in [9.17, 15) is 4.79 Å². The van der Waals surface area contributed by atoms with Crippen LogP contribution < -0.4 is 5.32 Å². The number of hydrogen-bond acceptors (Lipinski definition) is 1. The molecule has 3 heteroatoms. The Morgan fingerprint density at radius 2 is 1.42 bits per heavy atom. The van der Waals surface area contributed by atoms with Crippen molar-refractivity contribution in [2.24, 2.45) is 0 Å². The summed E-state index contributed by atoms with van der Waals surface area (Å²) in [5.41, 5.74) is 4.90. The zero-order chi connectivity index (χ0) is 22.3. The first-order chi connectivity index (χ1) is 14.9. The second kappa shape index (κ2) is 10.3. The number of hydrogen-bond donors (Lipinski definition) is 1. The van der Waals surface area contributed by atoms with Gasteiger partial charge in [-0.3, -0.25) is 0 Å². The van der Waals surface area contributed by atoms with Crippen molar-refractivity contribution in [3.05, 3.63) is 107 Å². The predicted octanol–water partition coefficient (Wildman–Crippen LogP) is 6.50. The monoisotopic (exact) mass is 414 g/mol. The van der Waals surface area contributed by atoms with Crippen molar-refractivity contribution in [3.63, 3.8) is 0 Å². The van der Waals surface area contributed by atoms with Gasteiger partial charge < -0.3 is 10.2 Å². The van der Waals surface area contributed by atoms with E-state index in [1.165, 1.54) is 11.1 Å². The van der Waals surface area contributed by atoms with Gasteiger partial charge in [0, 0.05) is 13.1 Å². The molecule has 0 aliphatic heterocycles. The fourth-order valence-corrected chi connectivity index (χ4v) is 3.80. The number of rotatable bonds is 7. The first kappa shape index (κ1) is 22.6. The summed E-state index contributed by atoms with van der Waals surface area (Å²) in [6.45, 7) is 9.77. The smallest absolute Gasteiger partial charge is 0.318 e. The lowest BCUT2D eigenvalue weighted by molar-refractivity contribution is 0.170. The molecule has 3 aromatic rings. The number of benzene rings is 3. The van der Waals surface area contributed by atoms with Crippen LogP contribution in [0.3, 0.4) is 0 Å². The average molecular weight is 415 g/mol. The van der Waals surface area contributed by atoms with E-state index >= 15 is 0 Å². The minimum Gasteiger partial charge on any atom is -0.338 e. The van der Waals surface area contributed by atoms with Gasteiger partial charge in [0.2, 0.25) is 0 Å². The van der Waals surface area contributed by atoms with Crippen LogP contribution >= 0.6 is 0 Å². The third-order valence-corrected chi connectivity index (χ3v) is 5.59. The summed E-state index contributed by atoms with van der Waals surface area (Å²) < 4.78 is 0. The Morgan fingerprint density at radius 3 is 1.97 bits per heavy atom. The van der Waals surface area contributed by atoms with Crippen molar-refractivity contribution in [1.29, 1.82) is 0 Å². The van der Waals surface area contributed by atoms with Crippen LogP contribution in [0.2, 0.25) is 0 Å². The number of carbonyl (C=O) groups excluding carboxylic acids is 1. The summed E-state index contributed by atoms with van der Waals surface area (Å²) >= 11 is 0. The van der Waals surface area contributed by atoms with Crippen LogP contribution in [0.25, 0.3) is 0 Å². The van der Waals surface area contributed by atoms with Gasteiger partial charge in [0.25, 0.3) is 0 Å². The molecule has 0 aliphatic carbocycles. The van der Waals surface area contributed by atoms with Crippen LogP contribution in [0.4, 0.5) is 4.79 Å². The molecule has 3 rings (SSSR count). The molecule has 0 radical (unpaired) electrons. The lowest BCUT2D eigenvalue weighted by Gasteiger charge is -2.33. The second-order valence-corrected chi connectivity index (χ2v) is 9.03. The second-order valence-electron chi connectivity index (χ2n) is 9.03. The van der Waals surface area contributed by atoms with Gasteiger partial charge in [-0.2, -0.15) is 0 Å². The molecule has 0 fully saturated rings. The molecule has 3 nitrogen and oxygen atoms in total. The molecular weight excluding hydrogens is 380 g/mol. The largest absolute Gasteiger partial charge is 0.338 e. The minimum absolute atomic E-state index is 0.0350. The van der Waals surface area contributed by atoms with Crippen LogP contribution in [0.5, 0.6) is 0 Å². The van der Waals surface area contributed by atoms with E-state index in [0.717, 1.165) is 17.5 Å². The van der Waals surface area contributed by atoms with E-state index in [2.05, 4.69) is 86.8 Å². The normalized spacial score (nSPS) is 12.3. The molecule has 0 heterocycles.